The predicted octanol–water partition coefficient (Wildman–Crippen LogP) is 0.503. The van der Waals surface area contributed by atoms with Crippen molar-refractivity contribution in [1.29, 1.82) is 0 Å². The molecule has 0 amide bonds. The first kappa shape index (κ1) is 9.05. The van der Waals surface area contributed by atoms with E-state index in [1.807, 2.05) is 6.92 Å². The Balaban J connectivity index is 1.85. The van der Waals surface area contributed by atoms with Gasteiger partial charge in [0, 0.05) is 26.2 Å². The molecule has 2 nitrogen and oxygen atoms in total. The summed E-state index contributed by atoms with van der Waals surface area (Å²) in [6.45, 7) is 8.02. The van der Waals surface area contributed by atoms with Gasteiger partial charge in [-0.25, -0.2) is 0 Å². The second-order valence-corrected chi connectivity index (χ2v) is 4.36. The van der Waals surface area contributed by atoms with Gasteiger partial charge < -0.3 is 4.90 Å². The van der Waals surface area contributed by atoms with Crippen LogP contribution in [0.5, 0.6) is 0 Å². The molecule has 0 radical (unpaired) electrons. The molecule has 0 bridgehead atoms. The van der Waals surface area contributed by atoms with Crippen LogP contribution in [0.15, 0.2) is 0 Å². The minimum Gasteiger partial charge on any atom is -0.306 e. The van der Waals surface area contributed by atoms with Crippen molar-refractivity contribution in [1.82, 2.24) is 9.80 Å². The summed E-state index contributed by atoms with van der Waals surface area (Å²) in [5.41, 5.74) is 0. The van der Waals surface area contributed by atoms with Gasteiger partial charge in [-0.3, -0.25) is 4.90 Å². The molecule has 2 atom stereocenters. The van der Waals surface area contributed by atoms with Gasteiger partial charge in [0.15, 0.2) is 0 Å². The van der Waals surface area contributed by atoms with Crippen molar-refractivity contribution in [3.05, 3.63) is 0 Å². The quantitative estimate of drug-likeness (QED) is 0.540. The van der Waals surface area contributed by atoms with E-state index >= 15 is 0 Å². The average molecular weight is 178 g/mol. The molecule has 2 saturated heterocycles. The van der Waals surface area contributed by atoms with Gasteiger partial charge in [-0.2, -0.15) is 0 Å². The molecular weight excluding hydrogens is 160 g/mol. The maximum Gasteiger partial charge on any atom is 0.0601 e. The molecule has 2 unspecified atom stereocenters. The van der Waals surface area contributed by atoms with Crippen molar-refractivity contribution >= 4 is 0 Å². The SMILES string of the molecule is CC#CCN1CC2CN(C)CC2C1. The van der Waals surface area contributed by atoms with E-state index in [-0.39, 0.29) is 0 Å². The second kappa shape index (κ2) is 3.69. The van der Waals surface area contributed by atoms with E-state index < -0.39 is 0 Å². The van der Waals surface area contributed by atoms with Gasteiger partial charge in [-0.05, 0) is 25.8 Å². The third-order valence-corrected chi connectivity index (χ3v) is 3.22. The van der Waals surface area contributed by atoms with E-state index in [9.17, 15) is 0 Å². The third-order valence-electron chi connectivity index (χ3n) is 3.22. The Labute approximate surface area is 80.9 Å². The van der Waals surface area contributed by atoms with Crippen molar-refractivity contribution < 1.29 is 0 Å². The number of rotatable bonds is 1. The summed E-state index contributed by atoms with van der Waals surface area (Å²) in [5.74, 6) is 7.96. The Morgan fingerprint density at radius 1 is 1.15 bits per heavy atom. The van der Waals surface area contributed by atoms with Crippen molar-refractivity contribution in [2.45, 2.75) is 6.92 Å². The van der Waals surface area contributed by atoms with Crippen LogP contribution in [0, 0.1) is 23.7 Å². The van der Waals surface area contributed by atoms with Crippen LogP contribution >= 0.6 is 0 Å². The summed E-state index contributed by atoms with van der Waals surface area (Å²) in [7, 11) is 2.23. The summed E-state index contributed by atoms with van der Waals surface area (Å²) in [5, 5.41) is 0. The first-order valence-corrected chi connectivity index (χ1v) is 5.10. The molecule has 0 aliphatic carbocycles. The molecule has 0 spiro atoms. The highest BCUT2D eigenvalue weighted by Gasteiger charge is 2.37. The van der Waals surface area contributed by atoms with Crippen molar-refractivity contribution in [2.24, 2.45) is 11.8 Å². The lowest BCUT2D eigenvalue weighted by molar-refractivity contribution is 0.301. The summed E-state index contributed by atoms with van der Waals surface area (Å²) in [4.78, 5) is 4.96. The Morgan fingerprint density at radius 2 is 1.77 bits per heavy atom. The molecule has 72 valence electrons. The number of likely N-dealkylation sites (tertiary alicyclic amines) is 2. The van der Waals surface area contributed by atoms with Gasteiger partial charge in [0.2, 0.25) is 0 Å². The second-order valence-electron chi connectivity index (χ2n) is 4.36. The Bertz CT molecular complexity index is 224. The lowest BCUT2D eigenvalue weighted by Crippen LogP contribution is -2.27. The topological polar surface area (TPSA) is 6.48 Å². The molecule has 0 aromatic carbocycles. The first-order valence-electron chi connectivity index (χ1n) is 5.10. The third kappa shape index (κ3) is 1.87. The summed E-state index contributed by atoms with van der Waals surface area (Å²) >= 11 is 0. The molecule has 2 aliphatic rings. The summed E-state index contributed by atoms with van der Waals surface area (Å²) in [6.07, 6.45) is 0. The molecular formula is C11H18N2. The van der Waals surface area contributed by atoms with Gasteiger partial charge in [0.1, 0.15) is 0 Å². The number of hydrogen-bond donors (Lipinski definition) is 0. The zero-order valence-corrected chi connectivity index (χ0v) is 8.58. The molecule has 0 aromatic rings. The predicted molar refractivity (Wildman–Crippen MR) is 54.4 cm³/mol. The molecule has 2 heteroatoms. The maximum absolute atomic E-state index is 3.15. The minimum atomic E-state index is 0.920. The molecule has 0 aromatic heterocycles. The summed E-state index contributed by atoms with van der Waals surface area (Å²) in [6, 6.07) is 0. The largest absolute Gasteiger partial charge is 0.306 e. The van der Waals surface area contributed by atoms with Gasteiger partial charge in [-0.15, -0.1) is 5.92 Å². The fraction of sp³-hybridized carbons (Fsp3) is 0.818. The lowest BCUT2D eigenvalue weighted by atomic mass is 10.0. The van der Waals surface area contributed by atoms with Gasteiger partial charge in [-0.1, -0.05) is 5.92 Å². The van der Waals surface area contributed by atoms with Gasteiger partial charge >= 0.3 is 0 Å². The number of fused-ring (bicyclic) bond motifs is 1. The molecule has 0 saturated carbocycles. The highest BCUT2D eigenvalue weighted by Crippen LogP contribution is 2.29. The zero-order chi connectivity index (χ0) is 9.26. The minimum absolute atomic E-state index is 0.920. The number of hydrogen-bond acceptors (Lipinski definition) is 2. The van der Waals surface area contributed by atoms with E-state index in [4.69, 9.17) is 0 Å². The zero-order valence-electron chi connectivity index (χ0n) is 8.58. The molecule has 2 heterocycles. The smallest absolute Gasteiger partial charge is 0.0601 e. The monoisotopic (exact) mass is 178 g/mol. The van der Waals surface area contributed by atoms with Crippen LogP contribution in [-0.2, 0) is 0 Å². The molecule has 2 fully saturated rings. The van der Waals surface area contributed by atoms with E-state index in [0.29, 0.717) is 0 Å². The molecule has 0 N–H and O–H groups in total. The van der Waals surface area contributed by atoms with Crippen LogP contribution in [0.4, 0.5) is 0 Å². The van der Waals surface area contributed by atoms with Crippen molar-refractivity contribution in [3.63, 3.8) is 0 Å². The first-order chi connectivity index (χ1) is 6.29. The van der Waals surface area contributed by atoms with Crippen LogP contribution in [0.25, 0.3) is 0 Å². The van der Waals surface area contributed by atoms with E-state index in [0.717, 1.165) is 18.4 Å². The van der Waals surface area contributed by atoms with E-state index in [1.54, 1.807) is 0 Å². The van der Waals surface area contributed by atoms with Crippen molar-refractivity contribution in [3.8, 4) is 11.8 Å². The molecule has 2 rings (SSSR count). The van der Waals surface area contributed by atoms with Crippen LogP contribution in [0.3, 0.4) is 0 Å². The van der Waals surface area contributed by atoms with E-state index in [2.05, 4.69) is 28.7 Å². The normalized spacial score (nSPS) is 34.3. The van der Waals surface area contributed by atoms with Crippen LogP contribution in [0.2, 0.25) is 0 Å². The van der Waals surface area contributed by atoms with Crippen LogP contribution in [-0.4, -0.2) is 49.6 Å². The van der Waals surface area contributed by atoms with Gasteiger partial charge in [0.25, 0.3) is 0 Å². The van der Waals surface area contributed by atoms with E-state index in [1.165, 1.54) is 26.2 Å². The van der Waals surface area contributed by atoms with Crippen LogP contribution in [0.1, 0.15) is 6.92 Å². The highest BCUT2D eigenvalue weighted by molar-refractivity contribution is 5.01. The highest BCUT2D eigenvalue weighted by atomic mass is 15.2. The lowest BCUT2D eigenvalue weighted by Gasteiger charge is -2.15. The summed E-state index contributed by atoms with van der Waals surface area (Å²) < 4.78 is 0. The number of nitrogens with zero attached hydrogens (tertiary/aromatic N) is 2. The standard InChI is InChI=1S/C11H18N2/c1-3-4-5-13-8-10-6-12(2)7-11(10)9-13/h10-11H,5-9H2,1-2H3. The Kier molecular flexibility index (Phi) is 2.57. The average Bonchev–Trinajstić information content (AvgIpc) is 2.57. The molecule has 13 heavy (non-hydrogen) atoms. The fourth-order valence-electron chi connectivity index (χ4n) is 2.64. The molecule has 2 aliphatic heterocycles. The van der Waals surface area contributed by atoms with Gasteiger partial charge in [0.05, 0.1) is 6.54 Å². The fourth-order valence-corrected chi connectivity index (χ4v) is 2.64. The Morgan fingerprint density at radius 3 is 2.31 bits per heavy atom. The van der Waals surface area contributed by atoms with Crippen LogP contribution < -0.4 is 0 Å². The van der Waals surface area contributed by atoms with Crippen molar-refractivity contribution in [2.75, 3.05) is 39.8 Å². The maximum atomic E-state index is 3.15. The Hall–Kier alpha value is -0.520.